The topological polar surface area (TPSA) is 87.0 Å². The molecule has 100 valence electrons. The summed E-state index contributed by atoms with van der Waals surface area (Å²) in [6, 6.07) is 14.3. The average Bonchev–Trinajstić information content (AvgIpc) is 2.38. The summed E-state index contributed by atoms with van der Waals surface area (Å²) in [7, 11) is -4.55. The molecule has 0 aromatic heterocycles. The van der Waals surface area contributed by atoms with E-state index in [0.29, 0.717) is 5.56 Å². The zero-order valence-corrected chi connectivity index (χ0v) is 10.8. The molecule has 2 aromatic rings. The smallest absolute Gasteiger partial charge is 0.469 e. The Morgan fingerprint density at radius 3 is 2.32 bits per heavy atom. The molecule has 5 nitrogen and oxygen atoms in total. The van der Waals surface area contributed by atoms with Gasteiger partial charge >= 0.3 is 7.82 Å². The van der Waals surface area contributed by atoms with Crippen LogP contribution in [0.1, 0.15) is 5.56 Å². The molecule has 19 heavy (non-hydrogen) atoms. The van der Waals surface area contributed by atoms with Crippen molar-refractivity contribution in [3.8, 4) is 16.9 Å². The maximum Gasteiger partial charge on any atom is 0.469 e. The monoisotopic (exact) mass is 280 g/mol. The minimum absolute atomic E-state index is 0.0619. The lowest BCUT2D eigenvalue weighted by Gasteiger charge is -2.09. The van der Waals surface area contributed by atoms with Gasteiger partial charge in [0.05, 0.1) is 6.61 Å². The Kier molecular flexibility index (Phi) is 4.02. The fourth-order valence-corrected chi connectivity index (χ4v) is 1.97. The number of aromatic hydroxyl groups is 1. The van der Waals surface area contributed by atoms with E-state index in [0.717, 1.165) is 11.1 Å². The SMILES string of the molecule is O=P(O)(O)OCc1cc(-c2ccccc2)ccc1O. The highest BCUT2D eigenvalue weighted by molar-refractivity contribution is 7.46. The molecule has 6 heteroatoms. The van der Waals surface area contributed by atoms with Gasteiger partial charge in [-0.1, -0.05) is 36.4 Å². The lowest BCUT2D eigenvalue weighted by Crippen LogP contribution is -1.92. The summed E-state index contributed by atoms with van der Waals surface area (Å²) in [6.07, 6.45) is 0. The van der Waals surface area contributed by atoms with Gasteiger partial charge in [0, 0.05) is 5.56 Å². The van der Waals surface area contributed by atoms with Gasteiger partial charge < -0.3 is 14.9 Å². The van der Waals surface area contributed by atoms with Gasteiger partial charge in [-0.25, -0.2) is 4.57 Å². The van der Waals surface area contributed by atoms with Gasteiger partial charge in [0.1, 0.15) is 5.75 Å². The summed E-state index contributed by atoms with van der Waals surface area (Å²) in [5.41, 5.74) is 2.10. The predicted molar refractivity (Wildman–Crippen MR) is 70.4 cm³/mol. The van der Waals surface area contributed by atoms with E-state index in [2.05, 4.69) is 4.52 Å². The van der Waals surface area contributed by atoms with E-state index in [1.54, 1.807) is 12.1 Å². The van der Waals surface area contributed by atoms with Crippen LogP contribution in [0.15, 0.2) is 48.5 Å². The standard InChI is InChI=1S/C13H13O5P/c14-13-7-6-11(10-4-2-1-3-5-10)8-12(13)9-18-19(15,16)17/h1-8,14H,9H2,(H2,15,16,17). The molecule has 0 aliphatic heterocycles. The molecule has 0 aliphatic rings. The van der Waals surface area contributed by atoms with Crippen molar-refractivity contribution in [2.45, 2.75) is 6.61 Å². The second-order valence-electron chi connectivity index (χ2n) is 3.97. The zero-order chi connectivity index (χ0) is 13.9. The van der Waals surface area contributed by atoms with E-state index in [9.17, 15) is 9.67 Å². The fraction of sp³-hybridized carbons (Fsp3) is 0.0769. The van der Waals surface area contributed by atoms with E-state index in [-0.39, 0.29) is 12.4 Å². The third kappa shape index (κ3) is 3.91. The second-order valence-corrected chi connectivity index (χ2v) is 5.21. The summed E-state index contributed by atoms with van der Waals surface area (Å²) >= 11 is 0. The quantitative estimate of drug-likeness (QED) is 0.749. The number of phenols is 1. The van der Waals surface area contributed by atoms with Crippen LogP contribution in [-0.2, 0) is 15.7 Å². The number of phenolic OH excluding ortho intramolecular Hbond substituents is 1. The number of hydrogen-bond acceptors (Lipinski definition) is 3. The molecule has 2 rings (SSSR count). The van der Waals surface area contributed by atoms with Crippen LogP contribution in [0.2, 0.25) is 0 Å². The van der Waals surface area contributed by atoms with Crippen LogP contribution in [0.5, 0.6) is 5.75 Å². The van der Waals surface area contributed by atoms with Gasteiger partial charge in [-0.3, -0.25) is 4.52 Å². The van der Waals surface area contributed by atoms with Gasteiger partial charge in [0.2, 0.25) is 0 Å². The number of phosphoric ester groups is 1. The molecule has 0 heterocycles. The summed E-state index contributed by atoms with van der Waals surface area (Å²) in [5.74, 6) is -0.0619. The van der Waals surface area contributed by atoms with Gasteiger partial charge in [0.15, 0.2) is 0 Å². The molecule has 0 bridgehead atoms. The summed E-state index contributed by atoms with van der Waals surface area (Å²) < 4.78 is 15.1. The average molecular weight is 280 g/mol. The van der Waals surface area contributed by atoms with Crippen molar-refractivity contribution in [2.24, 2.45) is 0 Å². The van der Waals surface area contributed by atoms with E-state index in [1.807, 2.05) is 30.3 Å². The Bertz CT molecular complexity index is 606. The van der Waals surface area contributed by atoms with Crippen LogP contribution in [0.25, 0.3) is 11.1 Å². The molecular weight excluding hydrogens is 267 g/mol. The third-order valence-electron chi connectivity index (χ3n) is 2.57. The molecule has 0 radical (unpaired) electrons. The van der Waals surface area contributed by atoms with Crippen molar-refractivity contribution in [3.63, 3.8) is 0 Å². The van der Waals surface area contributed by atoms with Crippen LogP contribution in [0.4, 0.5) is 0 Å². The fourth-order valence-electron chi connectivity index (χ4n) is 1.66. The third-order valence-corrected chi connectivity index (χ3v) is 3.04. The molecule has 0 unspecified atom stereocenters. The van der Waals surface area contributed by atoms with E-state index in [4.69, 9.17) is 9.79 Å². The number of benzene rings is 2. The lowest BCUT2D eigenvalue weighted by molar-refractivity contribution is 0.187. The van der Waals surface area contributed by atoms with Crippen molar-refractivity contribution >= 4 is 7.82 Å². The Hall–Kier alpha value is -1.65. The molecule has 3 N–H and O–H groups in total. The van der Waals surface area contributed by atoms with Crippen molar-refractivity contribution in [1.29, 1.82) is 0 Å². The Labute approximate surface area is 110 Å². The first-order valence-corrected chi connectivity index (χ1v) is 7.06. The van der Waals surface area contributed by atoms with E-state index in [1.165, 1.54) is 6.07 Å². The highest BCUT2D eigenvalue weighted by atomic mass is 31.2. The molecule has 0 aliphatic carbocycles. The lowest BCUT2D eigenvalue weighted by atomic mass is 10.0. The highest BCUT2D eigenvalue weighted by Crippen LogP contribution is 2.38. The molecule has 0 atom stereocenters. The first kappa shape index (κ1) is 13.8. The molecule has 0 fully saturated rings. The number of phosphoric acid groups is 1. The highest BCUT2D eigenvalue weighted by Gasteiger charge is 2.15. The largest absolute Gasteiger partial charge is 0.508 e. The maximum atomic E-state index is 10.7. The Balaban J connectivity index is 2.28. The molecule has 2 aromatic carbocycles. The van der Waals surface area contributed by atoms with Gasteiger partial charge in [-0.05, 0) is 23.3 Å². The minimum atomic E-state index is -4.55. The maximum absolute atomic E-state index is 10.7. The van der Waals surface area contributed by atoms with Crippen LogP contribution in [-0.4, -0.2) is 14.9 Å². The first-order chi connectivity index (χ1) is 8.96. The van der Waals surface area contributed by atoms with Crippen LogP contribution in [0.3, 0.4) is 0 Å². The van der Waals surface area contributed by atoms with Crippen LogP contribution < -0.4 is 0 Å². The van der Waals surface area contributed by atoms with Crippen molar-refractivity contribution in [2.75, 3.05) is 0 Å². The normalized spacial score (nSPS) is 11.5. The predicted octanol–water partition coefficient (Wildman–Crippen LogP) is 2.67. The van der Waals surface area contributed by atoms with E-state index >= 15 is 0 Å². The number of hydrogen-bond donors (Lipinski definition) is 3. The van der Waals surface area contributed by atoms with E-state index < -0.39 is 7.82 Å². The molecule has 0 saturated carbocycles. The summed E-state index contributed by atoms with van der Waals surface area (Å²) in [6.45, 7) is -0.350. The zero-order valence-electron chi connectivity index (χ0n) is 9.93. The first-order valence-electron chi connectivity index (χ1n) is 5.53. The van der Waals surface area contributed by atoms with Crippen LogP contribution in [0, 0.1) is 0 Å². The number of rotatable bonds is 4. The van der Waals surface area contributed by atoms with Gasteiger partial charge in [-0.15, -0.1) is 0 Å². The van der Waals surface area contributed by atoms with Crippen LogP contribution >= 0.6 is 7.82 Å². The molecule has 0 spiro atoms. The molecular formula is C13H13O5P. The minimum Gasteiger partial charge on any atom is -0.508 e. The van der Waals surface area contributed by atoms with Gasteiger partial charge in [-0.2, -0.15) is 0 Å². The van der Waals surface area contributed by atoms with Crippen molar-refractivity contribution in [3.05, 3.63) is 54.1 Å². The van der Waals surface area contributed by atoms with Crippen molar-refractivity contribution < 1.29 is 24.0 Å². The summed E-state index contributed by atoms with van der Waals surface area (Å²) in [5, 5.41) is 9.65. The second kappa shape index (κ2) is 5.55. The Morgan fingerprint density at radius 1 is 1.00 bits per heavy atom. The Morgan fingerprint density at radius 2 is 1.68 bits per heavy atom. The van der Waals surface area contributed by atoms with Gasteiger partial charge in [0.25, 0.3) is 0 Å². The molecule has 0 saturated heterocycles. The molecule has 0 amide bonds. The van der Waals surface area contributed by atoms with Crippen molar-refractivity contribution in [1.82, 2.24) is 0 Å². The summed E-state index contributed by atoms with van der Waals surface area (Å²) in [4.78, 5) is 17.3.